The van der Waals surface area contributed by atoms with E-state index >= 15 is 0 Å². The van der Waals surface area contributed by atoms with Gasteiger partial charge in [-0.3, -0.25) is 30.6 Å². The van der Waals surface area contributed by atoms with E-state index < -0.39 is 11.8 Å². The lowest BCUT2D eigenvalue weighted by molar-refractivity contribution is -0.117. The van der Waals surface area contributed by atoms with Crippen LogP contribution in [0.4, 0.5) is 5.69 Å². The molecule has 0 atom stereocenters. The minimum absolute atomic E-state index is 0.00543. The van der Waals surface area contributed by atoms with E-state index in [1.54, 1.807) is 48.5 Å². The number of amides is 3. The number of benzene rings is 3. The Balaban J connectivity index is 1.18. The Morgan fingerprint density at radius 2 is 1.43 bits per heavy atom. The second-order valence-electron chi connectivity index (χ2n) is 8.24. The summed E-state index contributed by atoms with van der Waals surface area (Å²) in [6.45, 7) is 0.659. The number of nitrogens with one attached hydrogen (secondary N) is 4. The summed E-state index contributed by atoms with van der Waals surface area (Å²) >= 11 is 5.11. The largest absolute Gasteiger partial charge is 0.490 e. The highest BCUT2D eigenvalue weighted by Gasteiger charge is 2.29. The van der Waals surface area contributed by atoms with E-state index in [0.29, 0.717) is 35.8 Å². The van der Waals surface area contributed by atoms with Crippen LogP contribution in [0.25, 0.3) is 0 Å². The fourth-order valence-electron chi connectivity index (χ4n) is 3.25. The van der Waals surface area contributed by atoms with Crippen LogP contribution in [-0.2, 0) is 4.79 Å². The number of hydrogen-bond donors (Lipinski definition) is 4. The number of para-hydroxylation sites is 1. The van der Waals surface area contributed by atoms with Crippen molar-refractivity contribution < 1.29 is 23.9 Å². The minimum atomic E-state index is -0.464. The van der Waals surface area contributed by atoms with Crippen molar-refractivity contribution in [2.75, 3.05) is 18.5 Å². The van der Waals surface area contributed by atoms with Gasteiger partial charge in [0.15, 0.2) is 5.11 Å². The van der Waals surface area contributed by atoms with Crippen LogP contribution in [0.3, 0.4) is 0 Å². The van der Waals surface area contributed by atoms with Gasteiger partial charge < -0.3 is 14.8 Å². The molecule has 3 aromatic carbocycles. The quantitative estimate of drug-likeness (QED) is 0.195. The number of hydrazine groups is 1. The fraction of sp³-hybridized carbons (Fsp3) is 0.185. The fourth-order valence-corrected chi connectivity index (χ4v) is 3.39. The highest BCUT2D eigenvalue weighted by Crippen LogP contribution is 2.30. The van der Waals surface area contributed by atoms with Crippen molar-refractivity contribution in [1.29, 1.82) is 0 Å². The van der Waals surface area contributed by atoms with Gasteiger partial charge in [0.2, 0.25) is 5.91 Å². The van der Waals surface area contributed by atoms with Gasteiger partial charge in [-0.15, -0.1) is 0 Å². The molecule has 0 radical (unpaired) electrons. The Hall–Kier alpha value is -4.44. The Bertz CT molecular complexity index is 1260. The summed E-state index contributed by atoms with van der Waals surface area (Å²) in [5.41, 5.74) is 6.25. The lowest BCUT2D eigenvalue weighted by atomic mass is 10.2. The lowest BCUT2D eigenvalue weighted by Gasteiger charge is -2.12. The number of anilines is 1. The zero-order chi connectivity index (χ0) is 26.0. The predicted octanol–water partition coefficient (Wildman–Crippen LogP) is 3.44. The number of carbonyl (C=O) groups excluding carboxylic acids is 3. The van der Waals surface area contributed by atoms with Gasteiger partial charge in [-0.05, 0) is 79.7 Å². The molecule has 10 heteroatoms. The van der Waals surface area contributed by atoms with Crippen molar-refractivity contribution in [2.24, 2.45) is 5.92 Å². The number of thiocarbonyl (C=S) groups is 1. The van der Waals surface area contributed by atoms with Gasteiger partial charge in [0.05, 0.1) is 0 Å². The molecule has 9 nitrogen and oxygen atoms in total. The molecule has 0 spiro atoms. The van der Waals surface area contributed by atoms with Crippen molar-refractivity contribution in [2.45, 2.75) is 12.8 Å². The zero-order valence-corrected chi connectivity index (χ0v) is 20.7. The Kier molecular flexibility index (Phi) is 8.66. The molecule has 0 unspecified atom stereocenters. The molecule has 4 N–H and O–H groups in total. The van der Waals surface area contributed by atoms with E-state index in [2.05, 4.69) is 21.5 Å². The molecule has 4 rings (SSSR count). The van der Waals surface area contributed by atoms with Crippen molar-refractivity contribution in [3.63, 3.8) is 0 Å². The Morgan fingerprint density at radius 1 is 0.757 bits per heavy atom. The monoisotopic (exact) mass is 518 g/mol. The van der Waals surface area contributed by atoms with Crippen molar-refractivity contribution in [3.05, 3.63) is 90.0 Å². The summed E-state index contributed by atoms with van der Waals surface area (Å²) in [5, 5.41) is 5.24. The maximum atomic E-state index is 12.5. The number of ether oxygens (including phenoxy) is 2. The van der Waals surface area contributed by atoms with Crippen molar-refractivity contribution in [3.8, 4) is 11.5 Å². The summed E-state index contributed by atoms with van der Waals surface area (Å²) in [4.78, 5) is 36.7. The van der Waals surface area contributed by atoms with Crippen LogP contribution in [0.5, 0.6) is 11.5 Å². The average Bonchev–Trinajstić information content (AvgIpc) is 3.77. The maximum Gasteiger partial charge on any atom is 0.269 e. The molecule has 0 heterocycles. The van der Waals surface area contributed by atoms with Crippen LogP contribution in [0.2, 0.25) is 0 Å². The van der Waals surface area contributed by atoms with E-state index in [1.165, 1.54) is 0 Å². The molecular formula is C27H26N4O5S. The molecular weight excluding hydrogens is 492 g/mol. The molecule has 3 aromatic rings. The van der Waals surface area contributed by atoms with Crippen LogP contribution < -0.4 is 31.0 Å². The number of hydrogen-bond acceptors (Lipinski definition) is 6. The van der Waals surface area contributed by atoms with E-state index in [4.69, 9.17) is 21.7 Å². The Morgan fingerprint density at radius 3 is 2.14 bits per heavy atom. The summed E-state index contributed by atoms with van der Waals surface area (Å²) in [7, 11) is 0. The molecule has 1 saturated carbocycles. The smallest absolute Gasteiger partial charge is 0.269 e. The maximum absolute atomic E-state index is 12.5. The lowest BCUT2D eigenvalue weighted by Crippen LogP contribution is -2.48. The molecule has 1 aliphatic rings. The third-order valence-electron chi connectivity index (χ3n) is 5.34. The topological polar surface area (TPSA) is 118 Å². The standard InChI is InChI=1S/C27H26N4O5S/c32-24(18-9-10-18)28-21-13-11-19(12-14-21)26(34)30-31-27(37)29-25(33)20-5-4-8-23(17-20)36-16-15-35-22-6-2-1-3-7-22/h1-8,11-14,17-18H,9-10,15-16H2,(H,28,32)(H,30,34)(H2,29,31,33,37). The summed E-state index contributed by atoms with van der Waals surface area (Å²) < 4.78 is 11.2. The third-order valence-corrected chi connectivity index (χ3v) is 5.54. The molecule has 1 fully saturated rings. The van der Waals surface area contributed by atoms with Crippen molar-refractivity contribution >= 4 is 40.7 Å². The first-order valence-corrected chi connectivity index (χ1v) is 12.1. The first-order valence-electron chi connectivity index (χ1n) is 11.7. The number of rotatable bonds is 9. The molecule has 0 saturated heterocycles. The van der Waals surface area contributed by atoms with Crippen LogP contribution in [0.1, 0.15) is 33.6 Å². The second-order valence-corrected chi connectivity index (χ2v) is 8.65. The SMILES string of the molecule is O=C(NNC(=S)NC(=O)c1cccc(OCCOc2ccccc2)c1)c1ccc(NC(=O)C2CC2)cc1. The van der Waals surface area contributed by atoms with Gasteiger partial charge in [0, 0.05) is 22.7 Å². The van der Waals surface area contributed by atoms with E-state index in [9.17, 15) is 14.4 Å². The van der Waals surface area contributed by atoms with Gasteiger partial charge in [-0.1, -0.05) is 24.3 Å². The van der Waals surface area contributed by atoms with Crippen LogP contribution in [0.15, 0.2) is 78.9 Å². The van der Waals surface area contributed by atoms with Crippen LogP contribution >= 0.6 is 12.2 Å². The molecule has 0 bridgehead atoms. The number of carbonyl (C=O) groups is 3. The predicted molar refractivity (Wildman–Crippen MR) is 142 cm³/mol. The van der Waals surface area contributed by atoms with E-state index in [-0.39, 0.29) is 16.9 Å². The third kappa shape index (κ3) is 8.04. The summed E-state index contributed by atoms with van der Waals surface area (Å²) in [6.07, 6.45) is 1.83. The molecule has 3 amide bonds. The highest BCUT2D eigenvalue weighted by molar-refractivity contribution is 7.80. The minimum Gasteiger partial charge on any atom is -0.490 e. The van der Waals surface area contributed by atoms with Gasteiger partial charge in [-0.2, -0.15) is 0 Å². The summed E-state index contributed by atoms with van der Waals surface area (Å²) in [6, 6.07) is 22.5. The molecule has 0 aromatic heterocycles. The van der Waals surface area contributed by atoms with Crippen molar-refractivity contribution in [1.82, 2.24) is 16.2 Å². The van der Waals surface area contributed by atoms with E-state index in [0.717, 1.165) is 18.6 Å². The van der Waals surface area contributed by atoms with Gasteiger partial charge in [-0.25, -0.2) is 0 Å². The first-order chi connectivity index (χ1) is 18.0. The van der Waals surface area contributed by atoms with Gasteiger partial charge >= 0.3 is 0 Å². The molecule has 37 heavy (non-hydrogen) atoms. The van der Waals surface area contributed by atoms with Gasteiger partial charge in [0.25, 0.3) is 11.8 Å². The zero-order valence-electron chi connectivity index (χ0n) is 19.9. The average molecular weight is 519 g/mol. The van der Waals surface area contributed by atoms with Crippen LogP contribution in [0, 0.1) is 5.92 Å². The van der Waals surface area contributed by atoms with Gasteiger partial charge in [0.1, 0.15) is 24.7 Å². The first kappa shape index (κ1) is 25.6. The normalized spacial score (nSPS) is 12.1. The van der Waals surface area contributed by atoms with E-state index in [1.807, 2.05) is 30.3 Å². The van der Waals surface area contributed by atoms with Crippen LogP contribution in [-0.4, -0.2) is 36.0 Å². The molecule has 190 valence electrons. The second kappa shape index (κ2) is 12.5. The molecule has 1 aliphatic carbocycles. The molecule has 0 aliphatic heterocycles. The Labute approximate surface area is 219 Å². The summed E-state index contributed by atoms with van der Waals surface area (Å²) in [5.74, 6) is 0.431. The highest BCUT2D eigenvalue weighted by atomic mass is 32.1.